The van der Waals surface area contributed by atoms with Gasteiger partial charge in [0.1, 0.15) is 12.4 Å². The number of aliphatic hydroxyl groups excluding tert-OH is 1. The predicted octanol–water partition coefficient (Wildman–Crippen LogP) is 0.475. The summed E-state index contributed by atoms with van der Waals surface area (Å²) in [6.07, 6.45) is 0.573. The lowest BCUT2D eigenvalue weighted by atomic mass is 10.3. The van der Waals surface area contributed by atoms with Crippen LogP contribution in [-0.2, 0) is 21.4 Å². The zero-order valence-electron chi connectivity index (χ0n) is 9.84. The first kappa shape index (κ1) is 14.2. The second-order valence-electron chi connectivity index (χ2n) is 3.68. The van der Waals surface area contributed by atoms with Gasteiger partial charge >= 0.3 is 0 Å². The lowest BCUT2D eigenvalue weighted by Crippen LogP contribution is -2.33. The normalized spacial score (nSPS) is 13.8. The lowest BCUT2D eigenvalue weighted by molar-refractivity contribution is 0.188. The van der Waals surface area contributed by atoms with Crippen molar-refractivity contribution in [2.75, 3.05) is 13.7 Å². The van der Waals surface area contributed by atoms with Gasteiger partial charge in [0.15, 0.2) is 0 Å². The van der Waals surface area contributed by atoms with E-state index in [1.165, 1.54) is 12.1 Å². The van der Waals surface area contributed by atoms with Gasteiger partial charge in [-0.1, -0.05) is 0 Å². The van der Waals surface area contributed by atoms with E-state index < -0.39 is 10.0 Å². The predicted molar refractivity (Wildman–Crippen MR) is 60.9 cm³/mol. The monoisotopic (exact) mass is 263 g/mol. The summed E-state index contributed by atoms with van der Waals surface area (Å²) in [5.41, 5.74) is 0. The number of rotatable bonds is 7. The van der Waals surface area contributed by atoms with Crippen molar-refractivity contribution in [2.45, 2.75) is 31.1 Å². The van der Waals surface area contributed by atoms with Gasteiger partial charge in [-0.05, 0) is 25.5 Å². The van der Waals surface area contributed by atoms with Gasteiger partial charge in [0, 0.05) is 19.8 Å². The van der Waals surface area contributed by atoms with Gasteiger partial charge in [0.05, 0.1) is 0 Å². The summed E-state index contributed by atoms with van der Waals surface area (Å²) in [6.45, 7) is 1.89. The minimum absolute atomic E-state index is 0.189. The fourth-order valence-corrected chi connectivity index (χ4v) is 2.49. The van der Waals surface area contributed by atoms with Crippen LogP contribution in [0.1, 0.15) is 19.1 Å². The minimum Gasteiger partial charge on any atom is -0.446 e. The van der Waals surface area contributed by atoms with Gasteiger partial charge < -0.3 is 14.3 Å². The number of furan rings is 1. The molecule has 0 aliphatic carbocycles. The molecule has 17 heavy (non-hydrogen) atoms. The number of ether oxygens (including phenoxy) is 1. The minimum atomic E-state index is -3.66. The van der Waals surface area contributed by atoms with Crippen LogP contribution in [0.3, 0.4) is 0 Å². The number of sulfonamides is 1. The summed E-state index contributed by atoms with van der Waals surface area (Å²) in [5.74, 6) is 0.218. The Balaban J connectivity index is 2.68. The Labute approximate surface area is 101 Å². The molecular weight excluding hydrogens is 246 g/mol. The smallest absolute Gasteiger partial charge is 0.274 e. The van der Waals surface area contributed by atoms with Crippen LogP contribution in [0, 0.1) is 0 Å². The van der Waals surface area contributed by atoms with E-state index >= 15 is 0 Å². The van der Waals surface area contributed by atoms with Gasteiger partial charge in [-0.3, -0.25) is 0 Å². The molecule has 0 fully saturated rings. The molecule has 98 valence electrons. The van der Waals surface area contributed by atoms with Crippen LogP contribution in [-0.4, -0.2) is 33.3 Å². The molecule has 1 aromatic rings. The standard InChI is InChI=1S/C10H17NO5S/c1-8(5-6-15-2)11-17(13,14)10-4-3-9(7-12)16-10/h3-4,8,11-12H,5-7H2,1-2H3. The van der Waals surface area contributed by atoms with Gasteiger partial charge in [-0.2, -0.15) is 0 Å². The van der Waals surface area contributed by atoms with Crippen LogP contribution >= 0.6 is 0 Å². The molecule has 1 atom stereocenters. The Kier molecular flexibility index (Phi) is 5.13. The fraction of sp³-hybridized carbons (Fsp3) is 0.600. The van der Waals surface area contributed by atoms with E-state index in [-0.39, 0.29) is 23.5 Å². The van der Waals surface area contributed by atoms with Crippen LogP contribution in [0.25, 0.3) is 0 Å². The highest BCUT2D eigenvalue weighted by atomic mass is 32.2. The van der Waals surface area contributed by atoms with E-state index in [1.54, 1.807) is 14.0 Å². The van der Waals surface area contributed by atoms with Crippen molar-refractivity contribution in [3.63, 3.8) is 0 Å². The Bertz CT molecular complexity index is 439. The summed E-state index contributed by atoms with van der Waals surface area (Å²) in [4.78, 5) is 0. The zero-order chi connectivity index (χ0) is 12.9. The van der Waals surface area contributed by atoms with Crippen molar-refractivity contribution in [3.8, 4) is 0 Å². The maximum absolute atomic E-state index is 11.8. The summed E-state index contributed by atoms with van der Waals surface area (Å²) in [5, 5.41) is 8.60. The van der Waals surface area contributed by atoms with Crippen LogP contribution in [0.4, 0.5) is 0 Å². The average Bonchev–Trinajstić information content (AvgIpc) is 2.75. The summed E-state index contributed by atoms with van der Waals surface area (Å²) in [7, 11) is -2.11. The topological polar surface area (TPSA) is 88.8 Å². The molecule has 0 radical (unpaired) electrons. The summed E-state index contributed by atoms with van der Waals surface area (Å²) < 4.78 is 35.9. The summed E-state index contributed by atoms with van der Waals surface area (Å²) in [6, 6.07) is 2.49. The fourth-order valence-electron chi connectivity index (χ4n) is 1.26. The van der Waals surface area contributed by atoms with Gasteiger partial charge in [0.25, 0.3) is 10.0 Å². The highest BCUT2D eigenvalue weighted by Gasteiger charge is 2.20. The average molecular weight is 263 g/mol. The third-order valence-electron chi connectivity index (χ3n) is 2.17. The van der Waals surface area contributed by atoms with E-state index in [4.69, 9.17) is 14.3 Å². The van der Waals surface area contributed by atoms with Crippen molar-refractivity contribution in [3.05, 3.63) is 17.9 Å². The second-order valence-corrected chi connectivity index (χ2v) is 5.33. The van der Waals surface area contributed by atoms with Crippen molar-refractivity contribution in [1.82, 2.24) is 4.72 Å². The van der Waals surface area contributed by atoms with Crippen LogP contribution < -0.4 is 4.72 Å². The van der Waals surface area contributed by atoms with Crippen LogP contribution in [0.5, 0.6) is 0 Å². The zero-order valence-corrected chi connectivity index (χ0v) is 10.7. The maximum Gasteiger partial charge on any atom is 0.274 e. The highest BCUT2D eigenvalue weighted by molar-refractivity contribution is 7.89. The molecule has 7 heteroatoms. The molecule has 2 N–H and O–H groups in total. The van der Waals surface area contributed by atoms with E-state index in [0.717, 1.165) is 0 Å². The SMILES string of the molecule is COCCC(C)NS(=O)(=O)c1ccc(CO)o1. The first-order chi connectivity index (χ1) is 7.99. The molecule has 6 nitrogen and oxygen atoms in total. The molecule has 0 saturated heterocycles. The molecule has 0 aromatic carbocycles. The van der Waals surface area contributed by atoms with E-state index in [0.29, 0.717) is 13.0 Å². The van der Waals surface area contributed by atoms with Gasteiger partial charge in [-0.25, -0.2) is 13.1 Å². The molecule has 1 heterocycles. The Morgan fingerprint density at radius 2 is 2.24 bits per heavy atom. The van der Waals surface area contributed by atoms with Crippen molar-refractivity contribution in [1.29, 1.82) is 0 Å². The summed E-state index contributed by atoms with van der Waals surface area (Å²) >= 11 is 0. The number of methoxy groups -OCH3 is 1. The Morgan fingerprint density at radius 1 is 1.53 bits per heavy atom. The van der Waals surface area contributed by atoms with Gasteiger partial charge in [-0.15, -0.1) is 0 Å². The first-order valence-electron chi connectivity index (χ1n) is 5.20. The largest absolute Gasteiger partial charge is 0.446 e. The molecule has 0 amide bonds. The quantitative estimate of drug-likeness (QED) is 0.746. The van der Waals surface area contributed by atoms with Gasteiger partial charge in [0.2, 0.25) is 5.09 Å². The third kappa shape index (κ3) is 4.12. The molecule has 0 saturated carbocycles. The second kappa shape index (κ2) is 6.15. The maximum atomic E-state index is 11.8. The van der Waals surface area contributed by atoms with Crippen molar-refractivity contribution >= 4 is 10.0 Å². The molecular formula is C10H17NO5S. The molecule has 0 spiro atoms. The number of hydrogen-bond acceptors (Lipinski definition) is 5. The van der Waals surface area contributed by atoms with E-state index in [1.807, 2.05) is 0 Å². The number of hydrogen-bond donors (Lipinski definition) is 2. The van der Waals surface area contributed by atoms with Crippen LogP contribution in [0.2, 0.25) is 0 Å². The number of aliphatic hydroxyl groups is 1. The highest BCUT2D eigenvalue weighted by Crippen LogP contribution is 2.14. The Hall–Kier alpha value is -0.890. The molecule has 0 aliphatic rings. The van der Waals surface area contributed by atoms with E-state index in [2.05, 4.69) is 4.72 Å². The molecule has 1 unspecified atom stereocenters. The Morgan fingerprint density at radius 3 is 2.76 bits per heavy atom. The molecule has 1 aromatic heterocycles. The molecule has 1 rings (SSSR count). The van der Waals surface area contributed by atoms with Crippen LogP contribution in [0.15, 0.2) is 21.6 Å². The third-order valence-corrected chi connectivity index (χ3v) is 3.63. The first-order valence-corrected chi connectivity index (χ1v) is 6.68. The molecule has 0 bridgehead atoms. The number of nitrogens with one attached hydrogen (secondary N) is 1. The van der Waals surface area contributed by atoms with Crippen molar-refractivity contribution in [2.24, 2.45) is 0 Å². The molecule has 0 aliphatic heterocycles. The van der Waals surface area contributed by atoms with E-state index in [9.17, 15) is 8.42 Å². The lowest BCUT2D eigenvalue weighted by Gasteiger charge is -2.11. The van der Waals surface area contributed by atoms with Crippen molar-refractivity contribution < 1.29 is 22.7 Å².